The lowest BCUT2D eigenvalue weighted by molar-refractivity contribution is 0.0689. The zero-order valence-corrected chi connectivity index (χ0v) is 14.4. The second kappa shape index (κ2) is 9.81. The van der Waals surface area contributed by atoms with Gasteiger partial charge in [0.2, 0.25) is 0 Å². The summed E-state index contributed by atoms with van der Waals surface area (Å²) < 4.78 is 0. The number of nitrogens with one attached hydrogen (secondary N) is 1. The van der Waals surface area contributed by atoms with Crippen LogP contribution in [0, 0.1) is 5.92 Å². The third-order valence-electron chi connectivity index (χ3n) is 5.34. The molecule has 1 saturated carbocycles. The molecule has 1 saturated heterocycles. The predicted molar refractivity (Wildman–Crippen MR) is 91.8 cm³/mol. The normalized spacial score (nSPS) is 23.6. The van der Waals surface area contributed by atoms with Crippen molar-refractivity contribution in [2.75, 3.05) is 45.8 Å². The maximum absolute atomic E-state index is 3.52. The molecule has 3 heteroatoms. The number of nitrogens with zero attached hydrogens (tertiary/aromatic N) is 2. The van der Waals surface area contributed by atoms with Crippen LogP contribution in [0.3, 0.4) is 0 Å². The van der Waals surface area contributed by atoms with Gasteiger partial charge in [0.1, 0.15) is 0 Å². The molecule has 0 amide bonds. The lowest BCUT2D eigenvalue weighted by Crippen LogP contribution is -2.55. The lowest BCUT2D eigenvalue weighted by Gasteiger charge is -2.43. The Kier molecular flexibility index (Phi) is 8.05. The van der Waals surface area contributed by atoms with Crippen molar-refractivity contribution < 1.29 is 0 Å². The predicted octanol–water partition coefficient (Wildman–Crippen LogP) is 2.96. The van der Waals surface area contributed by atoms with Crippen LogP contribution in [0.5, 0.6) is 0 Å². The molecule has 0 aromatic rings. The van der Waals surface area contributed by atoms with Gasteiger partial charge in [0.15, 0.2) is 0 Å². The van der Waals surface area contributed by atoms with Crippen LogP contribution in [-0.4, -0.2) is 61.7 Å². The quantitative estimate of drug-likeness (QED) is 0.743. The van der Waals surface area contributed by atoms with Gasteiger partial charge in [0.25, 0.3) is 0 Å². The van der Waals surface area contributed by atoms with Gasteiger partial charge in [-0.3, -0.25) is 4.90 Å². The summed E-state index contributed by atoms with van der Waals surface area (Å²) in [4.78, 5) is 5.55. The van der Waals surface area contributed by atoms with Gasteiger partial charge in [-0.1, -0.05) is 33.1 Å². The zero-order valence-electron chi connectivity index (χ0n) is 14.4. The van der Waals surface area contributed by atoms with Crippen molar-refractivity contribution in [1.82, 2.24) is 15.1 Å². The maximum atomic E-state index is 3.52. The van der Waals surface area contributed by atoms with Crippen LogP contribution in [0.1, 0.15) is 58.8 Å². The summed E-state index contributed by atoms with van der Waals surface area (Å²) in [6.07, 6.45) is 9.93. The molecule has 3 nitrogen and oxygen atoms in total. The van der Waals surface area contributed by atoms with E-state index < -0.39 is 0 Å². The van der Waals surface area contributed by atoms with Crippen molar-refractivity contribution in [3.05, 3.63) is 0 Å². The fraction of sp³-hybridized carbons (Fsp3) is 1.00. The highest BCUT2D eigenvalue weighted by molar-refractivity contribution is 4.86. The summed E-state index contributed by atoms with van der Waals surface area (Å²) in [5.74, 6) is 0.952. The standard InChI is InChI=1S/C18H37N3/c1-3-12-20(13-4-2)16-18(17-8-6-5-7-9-17)21-14-10-19-11-15-21/h17-19H,3-16H2,1-2H3. The summed E-state index contributed by atoms with van der Waals surface area (Å²) in [6.45, 7) is 13.4. The van der Waals surface area contributed by atoms with E-state index in [-0.39, 0.29) is 0 Å². The molecule has 0 bridgehead atoms. The van der Waals surface area contributed by atoms with E-state index in [9.17, 15) is 0 Å². The van der Waals surface area contributed by atoms with E-state index in [0.29, 0.717) is 0 Å². The summed E-state index contributed by atoms with van der Waals surface area (Å²) in [5.41, 5.74) is 0. The average molecular weight is 296 g/mol. The van der Waals surface area contributed by atoms with Gasteiger partial charge in [0.05, 0.1) is 0 Å². The molecule has 2 fully saturated rings. The minimum atomic E-state index is 0.811. The van der Waals surface area contributed by atoms with Crippen molar-refractivity contribution in [3.8, 4) is 0 Å². The first kappa shape index (κ1) is 17.2. The van der Waals surface area contributed by atoms with Gasteiger partial charge in [-0.05, 0) is 44.7 Å². The summed E-state index contributed by atoms with van der Waals surface area (Å²) in [6, 6.07) is 0.811. The van der Waals surface area contributed by atoms with Crippen LogP contribution in [0.2, 0.25) is 0 Å². The molecule has 1 atom stereocenters. The van der Waals surface area contributed by atoms with Crippen molar-refractivity contribution in [3.63, 3.8) is 0 Å². The van der Waals surface area contributed by atoms with Gasteiger partial charge in [-0.2, -0.15) is 0 Å². The van der Waals surface area contributed by atoms with Crippen LogP contribution < -0.4 is 5.32 Å². The monoisotopic (exact) mass is 295 g/mol. The first-order valence-corrected chi connectivity index (χ1v) is 9.52. The molecule has 0 aromatic heterocycles. The Hall–Kier alpha value is -0.120. The van der Waals surface area contributed by atoms with Gasteiger partial charge >= 0.3 is 0 Å². The van der Waals surface area contributed by atoms with E-state index in [0.717, 1.165) is 12.0 Å². The molecule has 1 unspecified atom stereocenters. The first-order chi connectivity index (χ1) is 10.3. The Morgan fingerprint density at radius 2 is 1.62 bits per heavy atom. The number of piperazine rings is 1. The Bertz CT molecular complexity index is 233. The number of hydrogen-bond donors (Lipinski definition) is 1. The Labute approximate surface area is 132 Å². The highest BCUT2D eigenvalue weighted by atomic mass is 15.3. The number of rotatable bonds is 8. The third-order valence-corrected chi connectivity index (χ3v) is 5.34. The second-order valence-electron chi connectivity index (χ2n) is 7.05. The van der Waals surface area contributed by atoms with E-state index in [2.05, 4.69) is 29.0 Å². The molecule has 124 valence electrons. The molecule has 0 aromatic carbocycles. The van der Waals surface area contributed by atoms with Crippen LogP contribution in [0.15, 0.2) is 0 Å². The number of hydrogen-bond acceptors (Lipinski definition) is 3. The third kappa shape index (κ3) is 5.54. The van der Waals surface area contributed by atoms with Crippen molar-refractivity contribution in [2.24, 2.45) is 5.92 Å². The minimum Gasteiger partial charge on any atom is -0.314 e. The van der Waals surface area contributed by atoms with Crippen molar-refractivity contribution in [1.29, 1.82) is 0 Å². The molecule has 0 spiro atoms. The molecule has 0 radical (unpaired) electrons. The van der Waals surface area contributed by atoms with Gasteiger partial charge in [-0.15, -0.1) is 0 Å². The molecule has 2 rings (SSSR count). The highest BCUT2D eigenvalue weighted by Gasteiger charge is 2.30. The van der Waals surface area contributed by atoms with Gasteiger partial charge < -0.3 is 10.2 Å². The van der Waals surface area contributed by atoms with Crippen LogP contribution in [0.4, 0.5) is 0 Å². The SMILES string of the molecule is CCCN(CCC)CC(C1CCCCC1)N1CCNCC1. The first-order valence-electron chi connectivity index (χ1n) is 9.52. The largest absolute Gasteiger partial charge is 0.314 e. The fourth-order valence-corrected chi connectivity index (χ4v) is 4.29. The molecular weight excluding hydrogens is 258 g/mol. The molecule has 21 heavy (non-hydrogen) atoms. The Balaban J connectivity index is 1.98. The highest BCUT2D eigenvalue weighted by Crippen LogP contribution is 2.30. The van der Waals surface area contributed by atoms with E-state index in [1.807, 2.05) is 0 Å². The van der Waals surface area contributed by atoms with E-state index in [1.165, 1.54) is 90.8 Å². The van der Waals surface area contributed by atoms with Gasteiger partial charge in [0, 0.05) is 38.8 Å². The van der Waals surface area contributed by atoms with Crippen molar-refractivity contribution >= 4 is 0 Å². The van der Waals surface area contributed by atoms with E-state index in [4.69, 9.17) is 0 Å². The molecule has 1 N–H and O–H groups in total. The van der Waals surface area contributed by atoms with Crippen LogP contribution >= 0.6 is 0 Å². The minimum absolute atomic E-state index is 0.811. The lowest BCUT2D eigenvalue weighted by atomic mass is 9.82. The maximum Gasteiger partial charge on any atom is 0.0252 e. The Morgan fingerprint density at radius 1 is 1.00 bits per heavy atom. The topological polar surface area (TPSA) is 18.5 Å². The molecule has 1 aliphatic heterocycles. The molecule has 1 heterocycles. The Morgan fingerprint density at radius 3 is 2.19 bits per heavy atom. The fourth-order valence-electron chi connectivity index (χ4n) is 4.29. The molecule has 2 aliphatic rings. The van der Waals surface area contributed by atoms with Gasteiger partial charge in [-0.25, -0.2) is 0 Å². The molecule has 1 aliphatic carbocycles. The van der Waals surface area contributed by atoms with Crippen LogP contribution in [0.25, 0.3) is 0 Å². The smallest absolute Gasteiger partial charge is 0.0252 e. The van der Waals surface area contributed by atoms with Crippen LogP contribution in [-0.2, 0) is 0 Å². The molecular formula is C18H37N3. The average Bonchev–Trinajstić information content (AvgIpc) is 2.54. The summed E-state index contributed by atoms with van der Waals surface area (Å²) in [5, 5.41) is 3.52. The second-order valence-corrected chi connectivity index (χ2v) is 7.05. The van der Waals surface area contributed by atoms with E-state index in [1.54, 1.807) is 0 Å². The summed E-state index contributed by atoms with van der Waals surface area (Å²) in [7, 11) is 0. The zero-order chi connectivity index (χ0) is 14.9. The summed E-state index contributed by atoms with van der Waals surface area (Å²) >= 11 is 0. The van der Waals surface area contributed by atoms with E-state index >= 15 is 0 Å². The van der Waals surface area contributed by atoms with Crippen molar-refractivity contribution in [2.45, 2.75) is 64.8 Å².